The summed E-state index contributed by atoms with van der Waals surface area (Å²) in [5, 5.41) is 33.0. The van der Waals surface area contributed by atoms with Crippen LogP contribution >= 0.6 is 0 Å². The summed E-state index contributed by atoms with van der Waals surface area (Å²) in [5.41, 5.74) is 10.4. The third kappa shape index (κ3) is 9.71. The zero-order valence-corrected chi connectivity index (χ0v) is 35.4. The highest BCUT2D eigenvalue weighted by atomic mass is 32.2. The number of fused-ring (bicyclic) bond motifs is 2. The number of unbranched alkanes of at least 4 members (excludes halogenated alkanes) is 1. The topological polar surface area (TPSA) is 231 Å². The number of methoxy groups -OCH3 is 1. The Morgan fingerprint density at radius 2 is 1.81 bits per heavy atom. The monoisotopic (exact) mass is 868 g/mol. The summed E-state index contributed by atoms with van der Waals surface area (Å²) in [6.45, 7) is 4.16. The van der Waals surface area contributed by atoms with Gasteiger partial charge in [-0.3, -0.25) is 19.4 Å². The van der Waals surface area contributed by atoms with Gasteiger partial charge in [0.25, 0.3) is 17.7 Å². The van der Waals surface area contributed by atoms with Gasteiger partial charge >= 0.3 is 0 Å². The predicted octanol–water partition coefficient (Wildman–Crippen LogP) is 6.28. The van der Waals surface area contributed by atoms with Crippen LogP contribution in [-0.4, -0.2) is 68.1 Å². The van der Waals surface area contributed by atoms with Crippen LogP contribution in [0.3, 0.4) is 0 Å². The number of nitrogens with two attached hydrogens (primary N) is 1. The number of primary amides is 1. The minimum absolute atomic E-state index is 0.0636. The lowest BCUT2D eigenvalue weighted by Crippen LogP contribution is -2.28. The number of benzene rings is 5. The van der Waals surface area contributed by atoms with Crippen molar-refractivity contribution in [3.63, 3.8) is 0 Å². The summed E-state index contributed by atoms with van der Waals surface area (Å²) in [6.07, 6.45) is 1.71. The van der Waals surface area contributed by atoms with Crippen molar-refractivity contribution < 1.29 is 42.5 Å². The quantitative estimate of drug-likeness (QED) is 0.0365. The van der Waals surface area contributed by atoms with Crippen molar-refractivity contribution in [1.29, 1.82) is 0 Å². The molecule has 1 atom stereocenters. The fourth-order valence-electron chi connectivity index (χ4n) is 7.04. The second kappa shape index (κ2) is 18.7. The number of aromatic nitrogens is 1. The molecule has 6 aromatic rings. The number of phenols is 1. The van der Waals surface area contributed by atoms with Gasteiger partial charge in [-0.05, 0) is 111 Å². The number of ether oxygens (including phenoxy) is 2. The van der Waals surface area contributed by atoms with Crippen molar-refractivity contribution in [1.82, 2.24) is 10.3 Å². The van der Waals surface area contributed by atoms with Gasteiger partial charge in [0.15, 0.2) is 12.4 Å². The highest BCUT2D eigenvalue weighted by molar-refractivity contribution is 7.91. The predicted molar refractivity (Wildman–Crippen MR) is 238 cm³/mol. The molecule has 0 aliphatic carbocycles. The Balaban J connectivity index is 0.989. The highest BCUT2D eigenvalue weighted by Gasteiger charge is 2.26. The van der Waals surface area contributed by atoms with Crippen LogP contribution in [0.2, 0.25) is 0 Å². The van der Waals surface area contributed by atoms with E-state index < -0.39 is 27.8 Å². The van der Waals surface area contributed by atoms with Crippen molar-refractivity contribution in [3.8, 4) is 29.1 Å². The lowest BCUT2D eigenvalue weighted by Gasteiger charge is -2.23. The zero-order valence-electron chi connectivity index (χ0n) is 34.5. The number of aliphatic hydroxyl groups excluding tert-OH is 1. The van der Waals surface area contributed by atoms with Crippen LogP contribution in [0.25, 0.3) is 10.9 Å². The van der Waals surface area contributed by atoms with Gasteiger partial charge in [0.2, 0.25) is 9.84 Å². The van der Waals surface area contributed by atoms with Crippen LogP contribution in [0.15, 0.2) is 107 Å². The van der Waals surface area contributed by atoms with E-state index >= 15 is 0 Å². The lowest BCUT2D eigenvalue weighted by molar-refractivity contribution is -0.118. The molecule has 0 spiro atoms. The molecule has 0 saturated carbocycles. The number of hydrogen-bond acceptors (Lipinski definition) is 12. The molecule has 15 nitrogen and oxygen atoms in total. The minimum Gasteiger partial charge on any atom is -0.506 e. The Morgan fingerprint density at radius 3 is 2.59 bits per heavy atom. The summed E-state index contributed by atoms with van der Waals surface area (Å²) >= 11 is 0. The molecule has 0 saturated heterocycles. The molecule has 1 aliphatic heterocycles. The average molecular weight is 869 g/mol. The number of nitrogens with zero attached hydrogens (tertiary/aromatic N) is 1. The summed E-state index contributed by atoms with van der Waals surface area (Å²) < 4.78 is 39.2. The Bertz CT molecular complexity index is 2960. The van der Waals surface area contributed by atoms with Gasteiger partial charge in [0.1, 0.15) is 17.2 Å². The van der Waals surface area contributed by atoms with Crippen LogP contribution in [0.1, 0.15) is 61.9 Å². The summed E-state index contributed by atoms with van der Waals surface area (Å²) in [7, 11) is -2.66. The molecule has 1 aliphatic rings. The van der Waals surface area contributed by atoms with E-state index in [0.717, 1.165) is 11.1 Å². The standard InChI is InChI=1S/C47H44N6O9S/c1-27-19-29(9-5-4-6-18-49-25-40(55)35-15-17-39(54)44-45(35)62-26-41(56)53-44)14-16-38(27)52-47(58)30-10-7-13-33(21-30)63(59,60)34-20-28(2)42-36(23-34)43(37(24-50-42)46(48)57)51-31-11-8-12-32(22-31)61-3/h7-8,10-17,19-24,40,49,54-55H,4,6,18,25-26H2,1-3H3,(H2,48,57)(H,50,51)(H,52,58)(H,53,56). The van der Waals surface area contributed by atoms with E-state index in [-0.39, 0.29) is 62.9 Å². The highest BCUT2D eigenvalue weighted by Crippen LogP contribution is 2.41. The van der Waals surface area contributed by atoms with Crippen LogP contribution in [0, 0.1) is 25.7 Å². The molecule has 2 heterocycles. The Labute approximate surface area is 363 Å². The largest absolute Gasteiger partial charge is 0.506 e. The maximum absolute atomic E-state index is 14.2. The van der Waals surface area contributed by atoms with Gasteiger partial charge in [-0.15, -0.1) is 0 Å². The number of aryl methyl sites for hydroxylation is 2. The number of anilines is 4. The number of phenolic OH excluding ortho intramolecular Hbond substituents is 1. The number of rotatable bonds is 14. The molecular formula is C47H44N6O9S. The maximum atomic E-state index is 14.2. The average Bonchev–Trinajstić information content (AvgIpc) is 3.27. The molecule has 1 aromatic heterocycles. The second-order valence-electron chi connectivity index (χ2n) is 14.8. The Morgan fingerprint density at radius 1 is 1.00 bits per heavy atom. The molecule has 322 valence electrons. The number of nitrogens with one attached hydrogen (secondary N) is 4. The van der Waals surface area contributed by atoms with Gasteiger partial charge < -0.3 is 46.7 Å². The van der Waals surface area contributed by atoms with E-state index in [9.17, 15) is 33.0 Å². The second-order valence-corrected chi connectivity index (χ2v) is 16.7. The van der Waals surface area contributed by atoms with Crippen LogP contribution in [0.4, 0.5) is 22.7 Å². The first-order chi connectivity index (χ1) is 30.2. The molecule has 8 N–H and O–H groups in total. The number of aliphatic hydroxyl groups is 1. The van der Waals surface area contributed by atoms with Crippen molar-refractivity contribution in [2.75, 3.05) is 42.8 Å². The Kier molecular flexibility index (Phi) is 12.9. The van der Waals surface area contributed by atoms with Gasteiger partial charge in [0.05, 0.1) is 39.8 Å². The molecule has 0 bridgehead atoms. The van der Waals surface area contributed by atoms with Gasteiger partial charge in [-0.25, -0.2) is 8.42 Å². The van der Waals surface area contributed by atoms with Gasteiger partial charge in [-0.2, -0.15) is 0 Å². The number of hydrogen-bond donors (Lipinski definition) is 7. The van der Waals surface area contributed by atoms with Crippen molar-refractivity contribution in [2.24, 2.45) is 5.73 Å². The summed E-state index contributed by atoms with van der Waals surface area (Å²) in [4.78, 5) is 42.0. The molecular weight excluding hydrogens is 825 g/mol. The number of aromatic hydroxyl groups is 1. The van der Waals surface area contributed by atoms with Crippen molar-refractivity contribution >= 4 is 61.2 Å². The van der Waals surface area contributed by atoms with Gasteiger partial charge in [0, 0.05) is 58.7 Å². The number of amides is 3. The number of pyridine rings is 1. The molecule has 7 rings (SSSR count). The zero-order chi connectivity index (χ0) is 44.8. The van der Waals surface area contributed by atoms with Crippen LogP contribution in [0.5, 0.6) is 17.2 Å². The van der Waals surface area contributed by atoms with E-state index in [0.29, 0.717) is 58.5 Å². The summed E-state index contributed by atoms with van der Waals surface area (Å²) in [6, 6.07) is 24.0. The molecule has 3 amide bonds. The molecule has 63 heavy (non-hydrogen) atoms. The SMILES string of the molecule is COc1cccc(Nc2c(C(N)=O)cnc3c(C)cc(S(=O)(=O)c4cccc(C(=O)Nc5ccc(C#CCCCNCC(O)c6ccc(O)c7c6OCC(=O)N7)cc5C)c4)cc23)c1. The molecule has 0 radical (unpaired) electrons. The lowest BCUT2D eigenvalue weighted by atomic mass is 10.0. The van der Waals surface area contributed by atoms with Gasteiger partial charge in [-0.1, -0.05) is 24.0 Å². The Hall–Kier alpha value is -7.45. The maximum Gasteiger partial charge on any atom is 0.262 e. The van der Waals surface area contributed by atoms with Crippen LogP contribution in [-0.2, 0) is 14.6 Å². The number of carbonyl (C=O) groups is 3. The smallest absolute Gasteiger partial charge is 0.262 e. The minimum atomic E-state index is -4.19. The van der Waals surface area contributed by atoms with E-state index in [1.54, 1.807) is 49.4 Å². The van der Waals surface area contributed by atoms with Crippen LogP contribution < -0.4 is 36.5 Å². The van der Waals surface area contributed by atoms with Crippen molar-refractivity contribution in [3.05, 3.63) is 131 Å². The van der Waals surface area contributed by atoms with E-state index in [1.807, 2.05) is 13.0 Å². The molecule has 16 heteroatoms. The van der Waals surface area contributed by atoms with E-state index in [2.05, 4.69) is 38.1 Å². The summed E-state index contributed by atoms with van der Waals surface area (Å²) in [5.74, 6) is 5.30. The molecule has 0 fully saturated rings. The number of sulfone groups is 1. The third-order valence-electron chi connectivity index (χ3n) is 10.3. The first-order valence-electron chi connectivity index (χ1n) is 19.8. The fraction of sp³-hybridized carbons (Fsp3) is 0.191. The fourth-order valence-corrected chi connectivity index (χ4v) is 8.46. The van der Waals surface area contributed by atoms with Crippen molar-refractivity contribution in [2.45, 2.75) is 42.6 Å². The first-order valence-corrected chi connectivity index (χ1v) is 21.3. The normalized spacial score (nSPS) is 12.5. The molecule has 5 aromatic carbocycles. The van der Waals surface area contributed by atoms with E-state index in [1.165, 1.54) is 55.8 Å². The number of carbonyl (C=O) groups excluding carboxylic acids is 3. The molecule has 1 unspecified atom stereocenters. The first kappa shape index (κ1) is 43.6. The third-order valence-corrected chi connectivity index (χ3v) is 12.0. The van der Waals surface area contributed by atoms with E-state index in [4.69, 9.17) is 15.2 Å².